The molecule has 94 valence electrons. The van der Waals surface area contributed by atoms with E-state index in [9.17, 15) is 0 Å². The quantitative estimate of drug-likeness (QED) is 0.595. The minimum atomic E-state index is 0.518. The fraction of sp³-hybridized carbons (Fsp3) is 0.571. The molecule has 1 aromatic rings. The lowest BCUT2D eigenvalue weighted by Gasteiger charge is -2.35. The second-order valence-electron chi connectivity index (χ2n) is 4.55. The second-order valence-corrected chi connectivity index (χ2v) is 5.72. The third-order valence-electron chi connectivity index (χ3n) is 3.13. The summed E-state index contributed by atoms with van der Waals surface area (Å²) in [6, 6.07) is 10.5. The van der Waals surface area contributed by atoms with E-state index in [1.807, 2.05) is 18.8 Å². The molecule has 3 heteroatoms. The first-order valence-corrected chi connectivity index (χ1v) is 7.31. The van der Waals surface area contributed by atoms with Crippen LogP contribution in [0.2, 0.25) is 0 Å². The Balaban J connectivity index is 1.50. The van der Waals surface area contributed by atoms with Gasteiger partial charge in [-0.25, -0.2) is 0 Å². The summed E-state index contributed by atoms with van der Waals surface area (Å²) in [5.74, 6) is 1.89. The second kappa shape index (κ2) is 7.04. The van der Waals surface area contributed by atoms with Crippen molar-refractivity contribution in [1.29, 1.82) is 0 Å². The normalized spacial score (nSPS) is 23.4. The molecule has 0 spiro atoms. The molecule has 1 aromatic carbocycles. The van der Waals surface area contributed by atoms with E-state index in [1.54, 1.807) is 0 Å². The highest BCUT2D eigenvalue weighted by Gasteiger charge is 2.28. The van der Waals surface area contributed by atoms with Gasteiger partial charge in [-0.3, -0.25) is 0 Å². The van der Waals surface area contributed by atoms with Gasteiger partial charge < -0.3 is 10.1 Å². The Kier molecular flexibility index (Phi) is 5.36. The summed E-state index contributed by atoms with van der Waals surface area (Å²) >= 11 is 1.87. The van der Waals surface area contributed by atoms with Crippen molar-refractivity contribution < 1.29 is 4.74 Å². The molecule has 0 saturated heterocycles. The molecule has 0 bridgehead atoms. The Hall–Kier alpha value is -0.510. The molecule has 1 N–H and O–H groups in total. The van der Waals surface area contributed by atoms with Gasteiger partial charge in [0.25, 0.3) is 0 Å². The Morgan fingerprint density at radius 3 is 2.76 bits per heavy atom. The number of thioether (sulfide) groups is 1. The van der Waals surface area contributed by atoms with Crippen LogP contribution in [0.15, 0.2) is 35.2 Å². The summed E-state index contributed by atoms with van der Waals surface area (Å²) < 4.78 is 5.83. The van der Waals surface area contributed by atoms with E-state index >= 15 is 0 Å². The molecule has 2 rings (SSSR count). The van der Waals surface area contributed by atoms with Crippen molar-refractivity contribution in [3.05, 3.63) is 30.3 Å². The number of benzene rings is 1. The molecule has 1 aliphatic rings. The van der Waals surface area contributed by atoms with Crippen molar-refractivity contribution in [1.82, 2.24) is 5.32 Å². The summed E-state index contributed by atoms with van der Waals surface area (Å²) in [6.07, 6.45) is 2.98. The largest absolute Gasteiger partial charge is 0.377 e. The van der Waals surface area contributed by atoms with Crippen molar-refractivity contribution in [2.75, 3.05) is 26.0 Å². The molecule has 0 radical (unpaired) electrons. The zero-order valence-corrected chi connectivity index (χ0v) is 11.2. The van der Waals surface area contributed by atoms with Crippen LogP contribution in [0.1, 0.15) is 12.8 Å². The molecule has 0 atom stereocenters. The molecule has 1 aliphatic carbocycles. The maximum Gasteiger partial charge on any atom is 0.0581 e. The van der Waals surface area contributed by atoms with Gasteiger partial charge in [0.1, 0.15) is 0 Å². The number of hydrogen-bond donors (Lipinski definition) is 1. The smallest absolute Gasteiger partial charge is 0.0581 e. The van der Waals surface area contributed by atoms with Gasteiger partial charge in [-0.2, -0.15) is 0 Å². The summed E-state index contributed by atoms with van der Waals surface area (Å²) in [7, 11) is 2.02. The number of nitrogens with one attached hydrogen (secondary N) is 1. The number of ether oxygens (including phenoxy) is 1. The first kappa shape index (κ1) is 12.9. The highest BCUT2D eigenvalue weighted by Crippen LogP contribution is 2.29. The van der Waals surface area contributed by atoms with Crippen LogP contribution >= 0.6 is 11.8 Å². The number of hydrogen-bond acceptors (Lipinski definition) is 3. The fourth-order valence-electron chi connectivity index (χ4n) is 2.16. The molecule has 1 saturated carbocycles. The summed E-state index contributed by atoms with van der Waals surface area (Å²) in [5.41, 5.74) is 0. The average Bonchev–Trinajstić information content (AvgIpc) is 2.32. The molecule has 1 fully saturated rings. The highest BCUT2D eigenvalue weighted by atomic mass is 32.2. The average molecular weight is 251 g/mol. The third-order valence-corrected chi connectivity index (χ3v) is 4.11. The first-order chi connectivity index (χ1) is 8.38. The zero-order chi connectivity index (χ0) is 11.9. The van der Waals surface area contributed by atoms with Gasteiger partial charge in [0.15, 0.2) is 0 Å². The monoisotopic (exact) mass is 251 g/mol. The predicted molar refractivity (Wildman–Crippen MR) is 73.6 cm³/mol. The van der Waals surface area contributed by atoms with E-state index in [2.05, 4.69) is 35.6 Å². The molecule has 0 unspecified atom stereocenters. The zero-order valence-electron chi connectivity index (χ0n) is 10.4. The lowest BCUT2D eigenvalue weighted by Crippen LogP contribution is -2.37. The van der Waals surface area contributed by atoms with Gasteiger partial charge >= 0.3 is 0 Å². The molecule has 2 nitrogen and oxygen atoms in total. The van der Waals surface area contributed by atoms with Crippen molar-refractivity contribution >= 4 is 11.8 Å². The maximum absolute atomic E-state index is 5.83. The van der Waals surface area contributed by atoms with Crippen LogP contribution in [0.3, 0.4) is 0 Å². The molecule has 0 aromatic heterocycles. The molecule has 0 aliphatic heterocycles. The molecular formula is C14H21NOS. The van der Waals surface area contributed by atoms with E-state index in [-0.39, 0.29) is 0 Å². The van der Waals surface area contributed by atoms with Gasteiger partial charge in [0.05, 0.1) is 12.7 Å². The fourth-order valence-corrected chi connectivity index (χ4v) is 2.92. The molecular weight excluding hydrogens is 230 g/mol. The third kappa shape index (κ3) is 4.34. The Morgan fingerprint density at radius 1 is 1.29 bits per heavy atom. The van der Waals surface area contributed by atoms with Crippen LogP contribution in [-0.2, 0) is 4.74 Å². The Morgan fingerprint density at radius 2 is 2.06 bits per heavy atom. The minimum absolute atomic E-state index is 0.518. The molecule has 0 amide bonds. The van der Waals surface area contributed by atoms with Crippen molar-refractivity contribution in [3.8, 4) is 0 Å². The summed E-state index contributed by atoms with van der Waals surface area (Å²) in [6.45, 7) is 2.01. The minimum Gasteiger partial charge on any atom is -0.377 e. The van der Waals surface area contributed by atoms with Gasteiger partial charge in [-0.15, -0.1) is 11.8 Å². The lowest BCUT2D eigenvalue weighted by molar-refractivity contribution is -0.0220. The van der Waals surface area contributed by atoms with Crippen LogP contribution in [0.25, 0.3) is 0 Å². The Labute approximate surface area is 108 Å². The topological polar surface area (TPSA) is 21.3 Å². The van der Waals surface area contributed by atoms with E-state index in [1.165, 1.54) is 17.7 Å². The number of rotatable bonds is 7. The van der Waals surface area contributed by atoms with Crippen LogP contribution in [0, 0.1) is 5.92 Å². The van der Waals surface area contributed by atoms with Crippen molar-refractivity contribution in [3.63, 3.8) is 0 Å². The van der Waals surface area contributed by atoms with Gasteiger partial charge in [0, 0.05) is 10.6 Å². The van der Waals surface area contributed by atoms with E-state index in [0.717, 1.165) is 24.8 Å². The van der Waals surface area contributed by atoms with Gasteiger partial charge in [-0.1, -0.05) is 18.2 Å². The molecule has 17 heavy (non-hydrogen) atoms. The van der Waals surface area contributed by atoms with Gasteiger partial charge in [-0.05, 0) is 44.5 Å². The lowest BCUT2D eigenvalue weighted by atomic mass is 9.82. The summed E-state index contributed by atoms with van der Waals surface area (Å²) in [5, 5.41) is 3.22. The van der Waals surface area contributed by atoms with Gasteiger partial charge in [0.2, 0.25) is 0 Å². The van der Waals surface area contributed by atoms with E-state index < -0.39 is 0 Å². The first-order valence-electron chi connectivity index (χ1n) is 6.32. The van der Waals surface area contributed by atoms with Crippen molar-refractivity contribution in [2.24, 2.45) is 5.92 Å². The van der Waals surface area contributed by atoms with Crippen molar-refractivity contribution in [2.45, 2.75) is 23.8 Å². The van der Waals surface area contributed by atoms with Crippen LogP contribution < -0.4 is 5.32 Å². The standard InChI is InChI=1S/C14H21NOS/c1-15-11-12-9-13(10-12)16-7-8-17-14-5-3-2-4-6-14/h2-6,12-13,15H,7-11H2,1H3. The van der Waals surface area contributed by atoms with Crippen LogP contribution in [-0.4, -0.2) is 32.1 Å². The maximum atomic E-state index is 5.83. The van der Waals surface area contributed by atoms with E-state index in [0.29, 0.717) is 6.10 Å². The predicted octanol–water partition coefficient (Wildman–Crippen LogP) is 2.79. The summed E-state index contributed by atoms with van der Waals surface area (Å²) in [4.78, 5) is 1.33. The molecule has 0 heterocycles. The van der Waals surface area contributed by atoms with Crippen LogP contribution in [0.4, 0.5) is 0 Å². The SMILES string of the molecule is CNCC1CC(OCCSc2ccccc2)C1. The Bertz CT molecular complexity index is 311. The van der Waals surface area contributed by atoms with E-state index in [4.69, 9.17) is 4.74 Å². The van der Waals surface area contributed by atoms with Crippen LogP contribution in [0.5, 0.6) is 0 Å². The highest BCUT2D eigenvalue weighted by molar-refractivity contribution is 7.99.